The number of esters is 1. The van der Waals surface area contributed by atoms with Crippen LogP contribution in [0.2, 0.25) is 0 Å². The van der Waals surface area contributed by atoms with Crippen LogP contribution in [0.5, 0.6) is 0 Å². The number of aryl methyl sites for hydroxylation is 1. The van der Waals surface area contributed by atoms with Crippen LogP contribution in [0.3, 0.4) is 0 Å². The van der Waals surface area contributed by atoms with Crippen LogP contribution >= 0.6 is 0 Å². The number of anilines is 1. The first kappa shape index (κ1) is 15.3. The van der Waals surface area contributed by atoms with Crippen molar-refractivity contribution in [2.45, 2.75) is 18.8 Å². The molecule has 0 bridgehead atoms. The Labute approximate surface area is 134 Å². The lowest BCUT2D eigenvalue weighted by atomic mass is 9.98. The van der Waals surface area contributed by atoms with Gasteiger partial charge < -0.3 is 14.2 Å². The van der Waals surface area contributed by atoms with Gasteiger partial charge in [-0.1, -0.05) is 18.2 Å². The molecule has 3 rings (SSSR count). The van der Waals surface area contributed by atoms with Gasteiger partial charge in [-0.15, -0.1) is 0 Å². The van der Waals surface area contributed by atoms with Crippen molar-refractivity contribution < 1.29 is 14.3 Å². The Hall–Kier alpha value is -2.63. The smallest absolute Gasteiger partial charge is 0.306 e. The number of fused-ring (bicyclic) bond motifs is 1. The maximum absolute atomic E-state index is 12.7. The Bertz CT molecular complexity index is 738. The van der Waals surface area contributed by atoms with Gasteiger partial charge in [0.2, 0.25) is 5.91 Å². The summed E-state index contributed by atoms with van der Waals surface area (Å²) in [5, 5.41) is 0. The third kappa shape index (κ3) is 2.97. The molecule has 6 nitrogen and oxygen atoms in total. The molecule has 1 atom stereocenters. The fraction of sp³-hybridized carbons (Fsp3) is 0.353. The third-order valence-electron chi connectivity index (χ3n) is 4.26. The monoisotopic (exact) mass is 313 g/mol. The second-order valence-electron chi connectivity index (χ2n) is 5.71. The molecule has 2 aromatic rings. The van der Waals surface area contributed by atoms with Gasteiger partial charge in [0.15, 0.2) is 0 Å². The van der Waals surface area contributed by atoms with Gasteiger partial charge in [0.1, 0.15) is 0 Å². The fourth-order valence-corrected chi connectivity index (χ4v) is 3.00. The minimum absolute atomic E-state index is 0.00779. The molecule has 1 aliphatic rings. The van der Waals surface area contributed by atoms with E-state index in [0.29, 0.717) is 6.54 Å². The molecule has 6 heteroatoms. The van der Waals surface area contributed by atoms with Crippen molar-refractivity contribution in [3.63, 3.8) is 0 Å². The maximum atomic E-state index is 12.7. The van der Waals surface area contributed by atoms with Crippen molar-refractivity contribution in [2.75, 3.05) is 18.6 Å². The van der Waals surface area contributed by atoms with Gasteiger partial charge in [-0.3, -0.25) is 9.59 Å². The maximum Gasteiger partial charge on any atom is 0.306 e. The number of hydrogen-bond acceptors (Lipinski definition) is 4. The molecule has 1 unspecified atom stereocenters. The Morgan fingerprint density at radius 1 is 1.35 bits per heavy atom. The van der Waals surface area contributed by atoms with Crippen molar-refractivity contribution >= 4 is 17.6 Å². The highest BCUT2D eigenvalue weighted by Crippen LogP contribution is 2.38. The molecular weight excluding hydrogens is 294 g/mol. The molecule has 0 fully saturated rings. The van der Waals surface area contributed by atoms with Crippen molar-refractivity contribution in [2.24, 2.45) is 7.05 Å². The molecule has 0 aliphatic carbocycles. The summed E-state index contributed by atoms with van der Waals surface area (Å²) in [5.74, 6) is -0.270. The van der Waals surface area contributed by atoms with Crippen LogP contribution in [0, 0.1) is 0 Å². The Balaban J connectivity index is 1.82. The van der Waals surface area contributed by atoms with Crippen molar-refractivity contribution in [3.05, 3.63) is 48.0 Å². The molecule has 2 heterocycles. The number of benzene rings is 1. The van der Waals surface area contributed by atoms with Crippen LogP contribution < -0.4 is 4.90 Å². The molecular formula is C17H19N3O3. The van der Waals surface area contributed by atoms with E-state index in [1.165, 1.54) is 7.11 Å². The number of methoxy groups -OCH3 is 1. The Kier molecular flexibility index (Phi) is 4.14. The van der Waals surface area contributed by atoms with E-state index >= 15 is 0 Å². The molecule has 1 aliphatic heterocycles. The highest BCUT2D eigenvalue weighted by atomic mass is 16.5. The number of para-hydroxylation sites is 1. The van der Waals surface area contributed by atoms with E-state index in [9.17, 15) is 9.59 Å². The first-order valence-electron chi connectivity index (χ1n) is 7.51. The summed E-state index contributed by atoms with van der Waals surface area (Å²) in [5.41, 5.74) is 2.77. The van der Waals surface area contributed by atoms with E-state index in [-0.39, 0.29) is 30.6 Å². The summed E-state index contributed by atoms with van der Waals surface area (Å²) < 4.78 is 6.61. The second-order valence-corrected chi connectivity index (χ2v) is 5.71. The summed E-state index contributed by atoms with van der Waals surface area (Å²) >= 11 is 0. The summed E-state index contributed by atoms with van der Waals surface area (Å²) in [6.07, 6.45) is 3.95. The normalized spacial score (nSPS) is 16.3. The van der Waals surface area contributed by atoms with Gasteiger partial charge in [0.05, 0.1) is 26.3 Å². The van der Waals surface area contributed by atoms with Gasteiger partial charge >= 0.3 is 5.97 Å². The topological polar surface area (TPSA) is 64.4 Å². The average Bonchev–Trinajstić information content (AvgIpc) is 3.12. The molecule has 120 valence electrons. The summed E-state index contributed by atoms with van der Waals surface area (Å²) in [7, 11) is 3.25. The molecule has 0 spiro atoms. The van der Waals surface area contributed by atoms with Gasteiger partial charge in [0.25, 0.3) is 0 Å². The zero-order chi connectivity index (χ0) is 16.4. The zero-order valence-electron chi connectivity index (χ0n) is 13.2. The van der Waals surface area contributed by atoms with E-state index in [1.54, 1.807) is 17.4 Å². The van der Waals surface area contributed by atoms with Crippen LogP contribution in [0.1, 0.15) is 23.6 Å². The average molecular weight is 313 g/mol. The molecule has 0 radical (unpaired) electrons. The second kappa shape index (κ2) is 6.24. The van der Waals surface area contributed by atoms with Crippen LogP contribution in [-0.2, 0) is 27.8 Å². The molecule has 1 aromatic heterocycles. The Morgan fingerprint density at radius 2 is 2.13 bits per heavy atom. The predicted octanol–water partition coefficient (Wildman–Crippen LogP) is 1.66. The van der Waals surface area contributed by atoms with E-state index in [4.69, 9.17) is 4.74 Å². The highest BCUT2D eigenvalue weighted by molar-refractivity contribution is 5.97. The number of rotatable bonds is 4. The minimum Gasteiger partial charge on any atom is -0.469 e. The van der Waals surface area contributed by atoms with Crippen LogP contribution in [0.25, 0.3) is 0 Å². The van der Waals surface area contributed by atoms with Gasteiger partial charge in [0, 0.05) is 37.1 Å². The van der Waals surface area contributed by atoms with Crippen molar-refractivity contribution in [1.29, 1.82) is 0 Å². The van der Waals surface area contributed by atoms with E-state index in [2.05, 4.69) is 4.98 Å². The van der Waals surface area contributed by atoms with E-state index in [0.717, 1.165) is 16.9 Å². The summed E-state index contributed by atoms with van der Waals surface area (Å²) in [6, 6.07) is 7.73. The van der Waals surface area contributed by atoms with Gasteiger partial charge in [-0.2, -0.15) is 0 Å². The van der Waals surface area contributed by atoms with Crippen molar-refractivity contribution in [3.8, 4) is 0 Å². The number of carbonyl (C=O) groups is 2. The molecule has 1 amide bonds. The SMILES string of the molecule is COC(=O)CC1CN(C(=O)Cc2cncn2C)c2ccccc21. The quantitative estimate of drug-likeness (QED) is 0.805. The molecule has 0 saturated carbocycles. The first-order valence-corrected chi connectivity index (χ1v) is 7.51. The lowest BCUT2D eigenvalue weighted by Gasteiger charge is -2.18. The Morgan fingerprint density at radius 3 is 2.83 bits per heavy atom. The minimum atomic E-state index is -0.259. The van der Waals surface area contributed by atoms with E-state index in [1.807, 2.05) is 35.9 Å². The predicted molar refractivity (Wildman–Crippen MR) is 85.1 cm³/mol. The number of aromatic nitrogens is 2. The highest BCUT2D eigenvalue weighted by Gasteiger charge is 2.33. The molecule has 0 N–H and O–H groups in total. The van der Waals surface area contributed by atoms with Crippen LogP contribution in [0.15, 0.2) is 36.8 Å². The third-order valence-corrected chi connectivity index (χ3v) is 4.26. The largest absolute Gasteiger partial charge is 0.469 e. The lowest BCUT2D eigenvalue weighted by Crippen LogP contribution is -2.32. The molecule has 0 saturated heterocycles. The molecule has 23 heavy (non-hydrogen) atoms. The molecule has 1 aromatic carbocycles. The lowest BCUT2D eigenvalue weighted by molar-refractivity contribution is -0.141. The van der Waals surface area contributed by atoms with Crippen molar-refractivity contribution in [1.82, 2.24) is 9.55 Å². The number of hydrogen-bond donors (Lipinski definition) is 0. The first-order chi connectivity index (χ1) is 11.1. The number of carbonyl (C=O) groups excluding carboxylic acids is 2. The summed E-state index contributed by atoms with van der Waals surface area (Å²) in [6.45, 7) is 0.505. The van der Waals surface area contributed by atoms with Crippen LogP contribution in [0.4, 0.5) is 5.69 Å². The van der Waals surface area contributed by atoms with Gasteiger partial charge in [-0.25, -0.2) is 4.98 Å². The van der Waals surface area contributed by atoms with E-state index < -0.39 is 0 Å². The number of ether oxygens (including phenoxy) is 1. The number of nitrogens with zero attached hydrogens (tertiary/aromatic N) is 3. The zero-order valence-corrected chi connectivity index (χ0v) is 13.2. The summed E-state index contributed by atoms with van der Waals surface area (Å²) in [4.78, 5) is 30.1. The van der Waals surface area contributed by atoms with Gasteiger partial charge in [-0.05, 0) is 11.6 Å². The number of amides is 1. The number of imidazole rings is 1. The standard InChI is InChI=1S/C17H19N3O3/c1-19-11-18-9-13(19)8-16(21)20-10-12(7-17(22)23-2)14-5-3-4-6-15(14)20/h3-6,9,11-12H,7-8,10H2,1-2H3. The fourth-order valence-electron chi connectivity index (χ4n) is 3.00. The van der Waals surface area contributed by atoms with Crippen LogP contribution in [-0.4, -0.2) is 35.1 Å².